The molecule has 0 rings (SSSR count). The molecule has 30 heavy (non-hydrogen) atoms. The van der Waals surface area contributed by atoms with Crippen LogP contribution in [0.25, 0.3) is 0 Å². The number of rotatable bonds is 3. The average Bonchev–Trinajstić information content (AvgIpc) is 2.14. The summed E-state index contributed by atoms with van der Waals surface area (Å²) in [5.74, 6) is 0. The van der Waals surface area contributed by atoms with Gasteiger partial charge in [-0.05, 0) is 104 Å². The average molecular weight is 536 g/mol. The minimum absolute atomic E-state index is 0. The Bertz CT molecular complexity index is 308. The van der Waals surface area contributed by atoms with E-state index in [1.165, 1.54) is 0 Å². The van der Waals surface area contributed by atoms with Gasteiger partial charge in [-0.3, -0.25) is 0 Å². The summed E-state index contributed by atoms with van der Waals surface area (Å²) in [6, 6.07) is 0. The van der Waals surface area contributed by atoms with E-state index in [0.717, 1.165) is 0 Å². The molecule has 9 heteroatoms. The van der Waals surface area contributed by atoms with Gasteiger partial charge in [0.2, 0.25) is 0 Å². The van der Waals surface area contributed by atoms with Crippen LogP contribution in [0.2, 0.25) is 0 Å². The summed E-state index contributed by atoms with van der Waals surface area (Å²) in [5, 5.41) is 24.2. The Morgan fingerprint density at radius 2 is 0.600 bits per heavy atom. The summed E-state index contributed by atoms with van der Waals surface area (Å²) in [6.45, 7) is 27.1. The van der Waals surface area contributed by atoms with Crippen molar-refractivity contribution in [3.8, 4) is 0 Å². The van der Waals surface area contributed by atoms with Crippen LogP contribution in [-0.2, 0) is 39.5 Å². The van der Waals surface area contributed by atoms with E-state index in [0.29, 0.717) is 0 Å². The fourth-order valence-electron chi connectivity index (χ4n) is 1.22. The molecular weight excluding hydrogens is 484 g/mol. The summed E-state index contributed by atoms with van der Waals surface area (Å²) in [4.78, 5) is 10.5. The van der Waals surface area contributed by atoms with E-state index >= 15 is 0 Å². The van der Waals surface area contributed by atoms with Crippen LogP contribution in [0.3, 0.4) is 0 Å². The molecule has 7 nitrogen and oxygen atoms in total. The van der Waals surface area contributed by atoms with Crippen molar-refractivity contribution in [2.75, 3.05) is 0 Å². The van der Waals surface area contributed by atoms with E-state index in [9.17, 15) is 4.80 Å². The first-order valence-electron chi connectivity index (χ1n) is 10.2. The molecule has 0 heterocycles. The Hall–Kier alpha value is 0.820. The van der Waals surface area contributed by atoms with Crippen molar-refractivity contribution in [2.24, 2.45) is 0 Å². The van der Waals surface area contributed by atoms with Crippen molar-refractivity contribution < 1.29 is 59.6 Å². The van der Waals surface area contributed by atoms with Gasteiger partial charge in [-0.25, -0.2) is 0 Å². The Kier molecular flexibility index (Phi) is 25.0. The minimum Gasteiger partial charge on any atom is -0.394 e. The topological polar surface area (TPSA) is 109 Å². The third kappa shape index (κ3) is 63.0. The monoisotopic (exact) mass is 534 g/mol. The summed E-state index contributed by atoms with van der Waals surface area (Å²) < 4.78 is 16.9. The summed E-state index contributed by atoms with van der Waals surface area (Å²) in [5.41, 5.74) is -1.55. The second-order valence-electron chi connectivity index (χ2n) is 10.4. The first kappa shape index (κ1) is 41.1. The first-order valence-corrected chi connectivity index (χ1v) is 11.9. The number of aliphatic hydroxyl groups excluding tert-OH is 3. The molecule has 0 aliphatic carbocycles. The van der Waals surface area contributed by atoms with E-state index in [1.807, 2.05) is 62.3 Å². The quantitative estimate of drug-likeness (QED) is 0.404. The maximum Gasteiger partial charge on any atom is 0.678 e. The second kappa shape index (κ2) is 18.3. The molecule has 0 aromatic heterocycles. The van der Waals surface area contributed by atoms with Gasteiger partial charge in [-0.15, -0.1) is 0 Å². The molecule has 4 N–H and O–H groups in total. The van der Waals surface area contributed by atoms with Crippen LogP contribution < -0.4 is 0 Å². The Morgan fingerprint density at radius 1 is 0.500 bits per heavy atom. The third-order valence-electron chi connectivity index (χ3n) is 1.31. The Morgan fingerprint density at radius 3 is 0.667 bits per heavy atom. The van der Waals surface area contributed by atoms with Gasteiger partial charge in [0.1, 0.15) is 0 Å². The molecule has 0 amide bonds. The van der Waals surface area contributed by atoms with E-state index < -0.39 is 25.9 Å². The fourth-order valence-corrected chi connectivity index (χ4v) is 3.67. The zero-order valence-electron chi connectivity index (χ0n) is 22.2. The molecule has 0 aliphatic rings. The molecule has 0 radical (unpaired) electrons. The Labute approximate surface area is 207 Å². The van der Waals surface area contributed by atoms with Crippen molar-refractivity contribution in [3.05, 3.63) is 0 Å². The van der Waals surface area contributed by atoms with Gasteiger partial charge in [-0.1, -0.05) is 0 Å². The minimum atomic E-state index is -3.66. The normalized spacial score (nSPS) is 12.2. The van der Waals surface area contributed by atoms with Crippen molar-refractivity contribution in [1.82, 2.24) is 0 Å². The molecule has 186 valence electrons. The number of hydrogen-bond donors (Lipinski definition) is 4. The predicted molar refractivity (Wildman–Crippen MR) is 123 cm³/mol. The fraction of sp³-hybridized carbons (Fsp3) is 1.00. The Balaban J connectivity index is -0.000000131. The number of hydrogen-bond acceptors (Lipinski definition) is 7. The van der Waals surface area contributed by atoms with Gasteiger partial charge in [0.25, 0.3) is 0 Å². The van der Waals surface area contributed by atoms with Crippen molar-refractivity contribution >= 4 is 9.05 Å². The van der Waals surface area contributed by atoms with Gasteiger partial charge >= 0.3 is 9.05 Å². The van der Waals surface area contributed by atoms with Crippen molar-refractivity contribution in [3.63, 3.8) is 0 Å². The SMILES string of the molecule is CC(C)(C)O[Si](O)(OC(C)(C)C)OC(C)(C)C.CC(C)O.CC(C)O.CC(C)O.[Zr]. The molecule has 0 aromatic carbocycles. The van der Waals surface area contributed by atoms with E-state index in [4.69, 9.17) is 28.6 Å². The van der Waals surface area contributed by atoms with Crippen LogP contribution in [0.5, 0.6) is 0 Å². The van der Waals surface area contributed by atoms with Crippen LogP contribution in [0.1, 0.15) is 104 Å². The van der Waals surface area contributed by atoms with Crippen molar-refractivity contribution in [2.45, 2.75) is 139 Å². The number of aliphatic hydroxyl groups is 3. The van der Waals surface area contributed by atoms with Crippen LogP contribution in [0.15, 0.2) is 0 Å². The van der Waals surface area contributed by atoms with E-state index in [1.54, 1.807) is 41.5 Å². The van der Waals surface area contributed by atoms with Crippen molar-refractivity contribution in [1.29, 1.82) is 0 Å². The zero-order valence-corrected chi connectivity index (χ0v) is 25.7. The molecule has 0 bridgehead atoms. The molecule has 0 unspecified atom stereocenters. The third-order valence-corrected chi connectivity index (χ3v) is 3.92. The van der Waals surface area contributed by atoms with E-state index in [2.05, 4.69) is 0 Å². The van der Waals surface area contributed by atoms with Crippen LogP contribution >= 0.6 is 0 Å². The van der Waals surface area contributed by atoms with Gasteiger partial charge in [0.15, 0.2) is 0 Å². The molecule has 0 aliphatic heterocycles. The molecule has 0 spiro atoms. The molecule has 0 fully saturated rings. The van der Waals surface area contributed by atoms with Gasteiger partial charge in [0.05, 0.1) is 16.8 Å². The van der Waals surface area contributed by atoms with Crippen LogP contribution in [0.4, 0.5) is 0 Å². The molecular formula is C21H52O7SiZr. The standard InChI is InChI=1S/C12H28O4Si.3C3H8O.Zr/c1-10(2,3)14-17(13,15-11(4,5)6)16-12(7,8)9;3*1-3(2)4;/h13H,1-9H3;3*3-4H,1-2H3;. The molecule has 0 atom stereocenters. The van der Waals surface area contributed by atoms with Gasteiger partial charge in [-0.2, -0.15) is 0 Å². The predicted octanol–water partition coefficient (Wildman–Crippen LogP) is 4.02. The summed E-state index contributed by atoms with van der Waals surface area (Å²) in [6.07, 6.45) is -0.500. The summed E-state index contributed by atoms with van der Waals surface area (Å²) >= 11 is 0. The smallest absolute Gasteiger partial charge is 0.394 e. The van der Waals surface area contributed by atoms with E-state index in [-0.39, 0.29) is 44.5 Å². The summed E-state index contributed by atoms with van der Waals surface area (Å²) in [7, 11) is -3.66. The maximum atomic E-state index is 10.5. The zero-order chi connectivity index (χ0) is 24.9. The van der Waals surface area contributed by atoms with Crippen LogP contribution in [-0.4, -0.2) is 64.3 Å². The van der Waals surface area contributed by atoms with Crippen LogP contribution in [0, 0.1) is 0 Å². The largest absolute Gasteiger partial charge is 0.678 e. The van der Waals surface area contributed by atoms with Gasteiger partial charge in [0, 0.05) is 44.5 Å². The van der Waals surface area contributed by atoms with Gasteiger partial charge < -0.3 is 33.4 Å². The first-order chi connectivity index (χ1) is 12.3. The molecule has 0 aromatic rings. The molecule has 0 saturated heterocycles. The maximum absolute atomic E-state index is 10.5. The molecule has 0 saturated carbocycles. The second-order valence-corrected chi connectivity index (χ2v) is 12.1.